The van der Waals surface area contributed by atoms with E-state index in [4.69, 9.17) is 28.4 Å². The number of unbranched alkanes of at least 4 members (excludes halogenated alkanes) is 23. The number of aliphatic hydroxyl groups excluding tert-OH is 11. The molecule has 0 radical (unpaired) electrons. The van der Waals surface area contributed by atoms with E-state index in [9.17, 15) is 61.0 Å². The number of rotatable bonds is 41. The van der Waals surface area contributed by atoms with E-state index in [0.29, 0.717) is 6.42 Å². The van der Waals surface area contributed by atoms with Crippen LogP contribution in [-0.4, -0.2) is 193 Å². The Bertz CT molecular complexity index is 1460. The van der Waals surface area contributed by atoms with Crippen LogP contribution in [0.1, 0.15) is 187 Å². The summed E-state index contributed by atoms with van der Waals surface area (Å²) in [5.41, 5.74) is 0. The average molecular weight is 1060 g/mol. The summed E-state index contributed by atoms with van der Waals surface area (Å²) < 4.78 is 34.2. The van der Waals surface area contributed by atoms with Gasteiger partial charge >= 0.3 is 0 Å². The fourth-order valence-electron chi connectivity index (χ4n) is 9.71. The molecule has 0 aliphatic carbocycles. The number of hydrogen-bond donors (Lipinski definition) is 12. The second-order valence-electron chi connectivity index (χ2n) is 20.8. The van der Waals surface area contributed by atoms with Crippen molar-refractivity contribution in [2.24, 2.45) is 0 Å². The number of allylic oxidation sites excluding steroid dienone is 3. The van der Waals surface area contributed by atoms with Gasteiger partial charge in [0.25, 0.3) is 0 Å². The number of carbonyl (C=O) groups excluding carboxylic acids is 1. The summed E-state index contributed by atoms with van der Waals surface area (Å²) in [6.45, 7) is 1.69. The first-order valence-corrected chi connectivity index (χ1v) is 28.6. The van der Waals surface area contributed by atoms with E-state index < -0.39 is 124 Å². The smallest absolute Gasteiger partial charge is 0.220 e. The van der Waals surface area contributed by atoms with Crippen LogP contribution in [0.15, 0.2) is 24.3 Å². The van der Waals surface area contributed by atoms with E-state index in [1.165, 1.54) is 96.3 Å². The Morgan fingerprint density at radius 3 is 1.31 bits per heavy atom. The van der Waals surface area contributed by atoms with Gasteiger partial charge < -0.3 is 89.9 Å². The van der Waals surface area contributed by atoms with Crippen LogP contribution in [0.5, 0.6) is 0 Å². The summed E-state index contributed by atoms with van der Waals surface area (Å²) >= 11 is 0. The van der Waals surface area contributed by atoms with Gasteiger partial charge in [-0.25, -0.2) is 0 Å². The van der Waals surface area contributed by atoms with Gasteiger partial charge in [0.1, 0.15) is 73.2 Å². The molecule has 1 amide bonds. The van der Waals surface area contributed by atoms with Gasteiger partial charge in [0.15, 0.2) is 18.9 Å². The van der Waals surface area contributed by atoms with Gasteiger partial charge in [-0.3, -0.25) is 4.79 Å². The van der Waals surface area contributed by atoms with Gasteiger partial charge in [0.05, 0.1) is 38.6 Å². The molecule has 0 aromatic carbocycles. The third-order valence-corrected chi connectivity index (χ3v) is 14.5. The number of ether oxygens (including phenoxy) is 6. The monoisotopic (exact) mass is 1060 g/mol. The van der Waals surface area contributed by atoms with E-state index in [2.05, 4.69) is 31.3 Å². The molecule has 3 saturated heterocycles. The molecular formula is C55H101NO18. The Hall–Kier alpha value is -1.73. The molecule has 19 nitrogen and oxygen atoms in total. The standard InChI is InChI=1S/C55H101NO18/c1-3-5-7-9-11-13-15-17-18-19-21-23-25-27-29-31-33-43(61)56-38(39(60)32-30-28-26-24-22-20-16-14-12-10-8-6-4-2)37-69-53-49(67)46(64)51(41(35-58)71-53)74-55-50(68)47(65)52(42(36-59)72-55)73-54-48(66)45(63)44(62)40(34-57)70-54/h18-19,30,32,38-42,44-55,57-60,62-68H,3-17,20-29,31,33-37H2,1-2H3,(H,56,61)/b19-18-,32-30+. The minimum atomic E-state index is -1.98. The zero-order chi connectivity index (χ0) is 54.1. The first-order chi connectivity index (χ1) is 35.8. The highest BCUT2D eigenvalue weighted by Gasteiger charge is 2.53. The van der Waals surface area contributed by atoms with Crippen molar-refractivity contribution >= 4 is 5.91 Å². The molecule has 0 bridgehead atoms. The summed E-state index contributed by atoms with van der Waals surface area (Å²) in [6.07, 6.45) is 11.6. The van der Waals surface area contributed by atoms with Gasteiger partial charge in [0.2, 0.25) is 5.91 Å². The zero-order valence-corrected chi connectivity index (χ0v) is 44.8. The molecule has 3 fully saturated rings. The van der Waals surface area contributed by atoms with Crippen molar-refractivity contribution < 1.29 is 89.4 Å². The number of hydrogen-bond acceptors (Lipinski definition) is 18. The van der Waals surface area contributed by atoms with Crippen molar-refractivity contribution in [1.82, 2.24) is 5.32 Å². The molecular weight excluding hydrogens is 963 g/mol. The lowest BCUT2D eigenvalue weighted by Gasteiger charge is -2.48. The molecule has 434 valence electrons. The molecule has 12 N–H and O–H groups in total. The van der Waals surface area contributed by atoms with Gasteiger partial charge in [-0.2, -0.15) is 0 Å². The molecule has 3 aliphatic rings. The summed E-state index contributed by atoms with van der Waals surface area (Å²) in [7, 11) is 0. The van der Waals surface area contributed by atoms with Gasteiger partial charge in [-0.1, -0.05) is 160 Å². The van der Waals surface area contributed by atoms with E-state index in [1.54, 1.807) is 6.08 Å². The van der Waals surface area contributed by atoms with Crippen molar-refractivity contribution in [3.8, 4) is 0 Å². The number of aliphatic hydroxyl groups is 11. The number of amides is 1. The molecule has 19 heteroatoms. The van der Waals surface area contributed by atoms with E-state index in [-0.39, 0.29) is 18.9 Å². The van der Waals surface area contributed by atoms with Gasteiger partial charge in [-0.05, 0) is 44.9 Å². The fourth-order valence-corrected chi connectivity index (χ4v) is 9.71. The van der Waals surface area contributed by atoms with E-state index in [1.807, 2.05) is 6.08 Å². The topological polar surface area (TPSA) is 307 Å². The fraction of sp³-hybridized carbons (Fsp3) is 0.909. The van der Waals surface area contributed by atoms with Crippen molar-refractivity contribution in [1.29, 1.82) is 0 Å². The lowest BCUT2D eigenvalue weighted by Crippen LogP contribution is -2.66. The molecule has 17 unspecified atom stereocenters. The Kier molecular flexibility index (Phi) is 35.6. The second kappa shape index (κ2) is 39.6. The van der Waals surface area contributed by atoms with Crippen LogP contribution in [0.2, 0.25) is 0 Å². The minimum Gasteiger partial charge on any atom is -0.394 e. The molecule has 3 rings (SSSR count). The maximum absolute atomic E-state index is 13.3. The molecule has 0 spiro atoms. The highest BCUT2D eigenvalue weighted by atomic mass is 16.8. The van der Waals surface area contributed by atoms with Gasteiger partial charge in [0, 0.05) is 6.42 Å². The summed E-state index contributed by atoms with van der Waals surface area (Å²) in [4.78, 5) is 13.3. The summed E-state index contributed by atoms with van der Waals surface area (Å²) in [5, 5.41) is 120. The Morgan fingerprint density at radius 1 is 0.473 bits per heavy atom. The molecule has 0 aromatic rings. The second-order valence-corrected chi connectivity index (χ2v) is 20.8. The largest absolute Gasteiger partial charge is 0.394 e. The lowest BCUT2D eigenvalue weighted by molar-refractivity contribution is -0.379. The zero-order valence-electron chi connectivity index (χ0n) is 44.8. The quantitative estimate of drug-likeness (QED) is 0.0304. The van der Waals surface area contributed by atoms with Crippen LogP contribution in [0.4, 0.5) is 0 Å². The lowest BCUT2D eigenvalue weighted by atomic mass is 9.96. The first kappa shape index (κ1) is 66.5. The first-order valence-electron chi connectivity index (χ1n) is 28.6. The molecule has 17 atom stereocenters. The third-order valence-electron chi connectivity index (χ3n) is 14.5. The van der Waals surface area contributed by atoms with Crippen LogP contribution < -0.4 is 5.32 Å². The van der Waals surface area contributed by atoms with Crippen molar-refractivity contribution in [2.75, 3.05) is 26.4 Å². The maximum atomic E-state index is 13.3. The normalized spacial score (nSPS) is 31.6. The Labute approximate surface area is 441 Å². The minimum absolute atomic E-state index is 0.235. The number of carbonyl (C=O) groups is 1. The molecule has 3 aliphatic heterocycles. The maximum Gasteiger partial charge on any atom is 0.220 e. The van der Waals surface area contributed by atoms with E-state index >= 15 is 0 Å². The molecule has 0 saturated carbocycles. The molecule has 0 aromatic heterocycles. The third kappa shape index (κ3) is 24.1. The predicted molar refractivity (Wildman–Crippen MR) is 277 cm³/mol. The van der Waals surface area contributed by atoms with Crippen molar-refractivity contribution in [3.63, 3.8) is 0 Å². The molecule has 3 heterocycles. The predicted octanol–water partition coefficient (Wildman–Crippen LogP) is 3.98. The summed E-state index contributed by atoms with van der Waals surface area (Å²) in [5.74, 6) is -0.285. The van der Waals surface area contributed by atoms with Crippen LogP contribution in [0.25, 0.3) is 0 Å². The van der Waals surface area contributed by atoms with Crippen LogP contribution >= 0.6 is 0 Å². The van der Waals surface area contributed by atoms with Crippen LogP contribution in [0.3, 0.4) is 0 Å². The highest BCUT2D eigenvalue weighted by molar-refractivity contribution is 5.76. The summed E-state index contributed by atoms with van der Waals surface area (Å²) in [6, 6.07) is -0.973. The van der Waals surface area contributed by atoms with Crippen molar-refractivity contribution in [2.45, 2.75) is 291 Å². The highest BCUT2D eigenvalue weighted by Crippen LogP contribution is 2.33. The van der Waals surface area contributed by atoms with Gasteiger partial charge in [-0.15, -0.1) is 0 Å². The average Bonchev–Trinajstić information content (AvgIpc) is 3.40. The molecule has 74 heavy (non-hydrogen) atoms. The van der Waals surface area contributed by atoms with E-state index in [0.717, 1.165) is 64.2 Å². The van der Waals surface area contributed by atoms with Crippen molar-refractivity contribution in [3.05, 3.63) is 24.3 Å². The Balaban J connectivity index is 1.53. The van der Waals surface area contributed by atoms with Crippen LogP contribution in [0, 0.1) is 0 Å². The number of nitrogens with one attached hydrogen (secondary N) is 1. The SMILES string of the molecule is CCCCCCCCC/C=C\CCCCCCCC(=O)NC(COC1OC(CO)C(OC2OC(CO)C(OC3OC(CO)C(O)C(O)C3O)C(O)C2O)C(O)C1O)C(O)/C=C/CCCCCCCCCCCCC. The van der Waals surface area contributed by atoms with Crippen LogP contribution in [-0.2, 0) is 33.2 Å². The Morgan fingerprint density at radius 2 is 0.851 bits per heavy atom.